The van der Waals surface area contributed by atoms with E-state index < -0.39 is 0 Å². The Morgan fingerprint density at radius 3 is 2.68 bits per heavy atom. The van der Waals surface area contributed by atoms with E-state index in [4.69, 9.17) is 0 Å². The lowest BCUT2D eigenvalue weighted by molar-refractivity contribution is 0.275. The van der Waals surface area contributed by atoms with E-state index in [9.17, 15) is 5.11 Å². The van der Waals surface area contributed by atoms with E-state index in [1.54, 1.807) is 28.2 Å². The van der Waals surface area contributed by atoms with Gasteiger partial charge in [0.1, 0.15) is 5.01 Å². The Balaban J connectivity index is 2.19. The van der Waals surface area contributed by atoms with Crippen LogP contribution < -0.4 is 0 Å². The number of rotatable bonds is 3. The minimum absolute atomic E-state index is 0.0832. The standard InChI is InChI=1S/C13H14N4OS/c1-8(2)12-16-17-10(7-18)11(15-13(17)19-12)9-3-5-14-6-4-9/h3-6,8,18H,7H2,1-2H3. The molecule has 98 valence electrons. The number of fused-ring (bicyclic) bond motifs is 1. The van der Waals surface area contributed by atoms with Crippen LogP contribution in [0.3, 0.4) is 0 Å². The molecule has 0 saturated carbocycles. The third-order valence-electron chi connectivity index (χ3n) is 2.91. The fraction of sp³-hybridized carbons (Fsp3) is 0.308. The molecule has 0 amide bonds. The van der Waals surface area contributed by atoms with Gasteiger partial charge in [0.25, 0.3) is 0 Å². The molecule has 0 fully saturated rings. The van der Waals surface area contributed by atoms with Crippen LogP contribution in [0, 0.1) is 0 Å². The topological polar surface area (TPSA) is 63.3 Å². The molecule has 6 heteroatoms. The SMILES string of the molecule is CC(C)c1nn2c(CO)c(-c3ccncc3)nc2s1. The van der Waals surface area contributed by atoms with Gasteiger partial charge in [-0.25, -0.2) is 9.50 Å². The largest absolute Gasteiger partial charge is 0.390 e. The van der Waals surface area contributed by atoms with Crippen molar-refractivity contribution in [3.8, 4) is 11.3 Å². The van der Waals surface area contributed by atoms with E-state index in [0.29, 0.717) is 5.92 Å². The first-order chi connectivity index (χ1) is 9.20. The second-order valence-electron chi connectivity index (χ2n) is 4.59. The molecule has 0 bridgehead atoms. The molecular formula is C13H14N4OS. The van der Waals surface area contributed by atoms with Gasteiger partial charge in [0, 0.05) is 23.9 Å². The monoisotopic (exact) mass is 274 g/mol. The summed E-state index contributed by atoms with van der Waals surface area (Å²) in [7, 11) is 0. The molecule has 0 aromatic carbocycles. The summed E-state index contributed by atoms with van der Waals surface area (Å²) in [6, 6.07) is 3.77. The molecule has 0 atom stereocenters. The molecule has 5 nitrogen and oxygen atoms in total. The van der Waals surface area contributed by atoms with Crippen LogP contribution in [0.4, 0.5) is 0 Å². The lowest BCUT2D eigenvalue weighted by Crippen LogP contribution is -1.97. The van der Waals surface area contributed by atoms with Crippen molar-refractivity contribution < 1.29 is 5.11 Å². The van der Waals surface area contributed by atoms with Crippen LogP contribution in [0.5, 0.6) is 0 Å². The van der Waals surface area contributed by atoms with Gasteiger partial charge in [0.05, 0.1) is 18.0 Å². The maximum atomic E-state index is 9.60. The molecule has 0 aliphatic heterocycles. The number of aromatic nitrogens is 4. The van der Waals surface area contributed by atoms with Crippen molar-refractivity contribution in [2.75, 3.05) is 0 Å². The Morgan fingerprint density at radius 1 is 1.32 bits per heavy atom. The zero-order chi connectivity index (χ0) is 13.4. The number of pyridine rings is 1. The van der Waals surface area contributed by atoms with Crippen LogP contribution in [0.1, 0.15) is 30.5 Å². The minimum atomic E-state index is -0.0832. The average Bonchev–Trinajstić information content (AvgIpc) is 2.96. The number of hydrogen-bond acceptors (Lipinski definition) is 5. The molecule has 1 N–H and O–H groups in total. The second kappa shape index (κ2) is 4.71. The fourth-order valence-corrected chi connectivity index (χ4v) is 2.84. The Labute approximate surface area is 114 Å². The average molecular weight is 274 g/mol. The van der Waals surface area contributed by atoms with Crippen molar-refractivity contribution in [2.45, 2.75) is 26.4 Å². The molecule has 0 spiro atoms. The number of aliphatic hydroxyl groups excluding tert-OH is 1. The zero-order valence-electron chi connectivity index (χ0n) is 10.7. The first-order valence-electron chi connectivity index (χ1n) is 6.10. The molecule has 19 heavy (non-hydrogen) atoms. The zero-order valence-corrected chi connectivity index (χ0v) is 11.6. The Morgan fingerprint density at radius 2 is 2.05 bits per heavy atom. The van der Waals surface area contributed by atoms with Gasteiger partial charge in [-0.2, -0.15) is 5.10 Å². The molecule has 3 aromatic heterocycles. The number of nitrogens with zero attached hydrogens (tertiary/aromatic N) is 4. The van der Waals surface area contributed by atoms with Gasteiger partial charge in [0.2, 0.25) is 4.96 Å². The molecule has 3 heterocycles. The van der Waals surface area contributed by atoms with Crippen molar-refractivity contribution >= 4 is 16.3 Å². The van der Waals surface area contributed by atoms with Gasteiger partial charge in [-0.3, -0.25) is 4.98 Å². The van der Waals surface area contributed by atoms with Crippen LogP contribution in [-0.4, -0.2) is 24.7 Å². The molecular weight excluding hydrogens is 260 g/mol. The smallest absolute Gasteiger partial charge is 0.213 e. The first kappa shape index (κ1) is 12.3. The Bertz CT molecular complexity index is 702. The molecule has 0 saturated heterocycles. The van der Waals surface area contributed by atoms with Gasteiger partial charge in [-0.1, -0.05) is 25.2 Å². The van der Waals surface area contributed by atoms with Crippen molar-refractivity contribution in [3.63, 3.8) is 0 Å². The molecule has 0 unspecified atom stereocenters. The van der Waals surface area contributed by atoms with E-state index in [2.05, 4.69) is 28.9 Å². The Hall–Kier alpha value is -1.79. The predicted octanol–water partition coefficient (Wildman–Crippen LogP) is 2.47. The molecule has 3 aromatic rings. The number of aliphatic hydroxyl groups is 1. The van der Waals surface area contributed by atoms with Crippen LogP contribution in [0.25, 0.3) is 16.2 Å². The molecule has 0 aliphatic rings. The summed E-state index contributed by atoms with van der Waals surface area (Å²) < 4.78 is 1.75. The summed E-state index contributed by atoms with van der Waals surface area (Å²) in [6.45, 7) is 4.11. The Kier molecular flexibility index (Phi) is 3.04. The van der Waals surface area contributed by atoms with Crippen molar-refractivity contribution in [3.05, 3.63) is 35.2 Å². The summed E-state index contributed by atoms with van der Waals surface area (Å²) >= 11 is 1.56. The summed E-state index contributed by atoms with van der Waals surface area (Å²) in [5.41, 5.74) is 2.45. The van der Waals surface area contributed by atoms with Crippen LogP contribution in [0.15, 0.2) is 24.5 Å². The number of imidazole rings is 1. The summed E-state index contributed by atoms with van der Waals surface area (Å²) in [5, 5.41) is 15.2. The van der Waals surface area contributed by atoms with E-state index in [-0.39, 0.29) is 6.61 Å². The first-order valence-corrected chi connectivity index (χ1v) is 6.92. The summed E-state index contributed by atoms with van der Waals surface area (Å²) in [6.07, 6.45) is 3.44. The van der Waals surface area contributed by atoms with Crippen molar-refractivity contribution in [1.29, 1.82) is 0 Å². The van der Waals surface area contributed by atoms with Gasteiger partial charge in [0.15, 0.2) is 0 Å². The third kappa shape index (κ3) is 2.02. The predicted molar refractivity (Wildman–Crippen MR) is 74.1 cm³/mol. The van der Waals surface area contributed by atoms with Gasteiger partial charge in [-0.15, -0.1) is 0 Å². The van der Waals surface area contributed by atoms with E-state index in [0.717, 1.165) is 26.9 Å². The number of hydrogen-bond donors (Lipinski definition) is 1. The van der Waals surface area contributed by atoms with Gasteiger partial charge in [-0.05, 0) is 12.1 Å². The van der Waals surface area contributed by atoms with Crippen LogP contribution >= 0.6 is 11.3 Å². The van der Waals surface area contributed by atoms with E-state index >= 15 is 0 Å². The quantitative estimate of drug-likeness (QED) is 0.797. The summed E-state index contributed by atoms with van der Waals surface area (Å²) in [5.74, 6) is 0.364. The maximum absolute atomic E-state index is 9.60. The fourth-order valence-electron chi connectivity index (χ4n) is 1.92. The molecule has 0 aliphatic carbocycles. The molecule has 0 radical (unpaired) electrons. The van der Waals surface area contributed by atoms with Crippen molar-refractivity contribution in [1.82, 2.24) is 19.6 Å². The highest BCUT2D eigenvalue weighted by Gasteiger charge is 2.18. The van der Waals surface area contributed by atoms with Crippen LogP contribution in [-0.2, 0) is 6.61 Å². The highest BCUT2D eigenvalue weighted by Crippen LogP contribution is 2.28. The normalized spacial score (nSPS) is 11.6. The lowest BCUT2D eigenvalue weighted by Gasteiger charge is -2.00. The maximum Gasteiger partial charge on any atom is 0.213 e. The highest BCUT2D eigenvalue weighted by molar-refractivity contribution is 7.16. The molecule has 3 rings (SSSR count). The minimum Gasteiger partial charge on any atom is -0.390 e. The van der Waals surface area contributed by atoms with E-state index in [1.807, 2.05) is 12.1 Å². The van der Waals surface area contributed by atoms with Gasteiger partial charge < -0.3 is 5.11 Å². The second-order valence-corrected chi connectivity index (χ2v) is 5.58. The van der Waals surface area contributed by atoms with E-state index in [1.165, 1.54) is 0 Å². The highest BCUT2D eigenvalue weighted by atomic mass is 32.1. The summed E-state index contributed by atoms with van der Waals surface area (Å²) in [4.78, 5) is 9.40. The third-order valence-corrected chi connectivity index (χ3v) is 4.12. The van der Waals surface area contributed by atoms with Gasteiger partial charge >= 0.3 is 0 Å². The van der Waals surface area contributed by atoms with Crippen molar-refractivity contribution in [2.24, 2.45) is 0 Å². The lowest BCUT2D eigenvalue weighted by atomic mass is 10.1. The van der Waals surface area contributed by atoms with Crippen LogP contribution in [0.2, 0.25) is 0 Å².